The number of halogens is 5. The number of alkyl halides is 3. The number of hydrogen-bond donors (Lipinski definition) is 3. The van der Waals surface area contributed by atoms with Gasteiger partial charge >= 0.3 is 6.30 Å². The summed E-state index contributed by atoms with van der Waals surface area (Å²) in [7, 11) is 0. The van der Waals surface area contributed by atoms with Crippen molar-refractivity contribution in [1.29, 1.82) is 0 Å². The Labute approximate surface area is 219 Å². The number of aliphatic hydroxyl groups excluding tert-OH is 2. The van der Waals surface area contributed by atoms with Crippen molar-refractivity contribution in [3.8, 4) is 11.3 Å². The zero-order chi connectivity index (χ0) is 27.4. The van der Waals surface area contributed by atoms with Gasteiger partial charge in [-0.25, -0.2) is 13.9 Å². The molecule has 8 nitrogen and oxygen atoms in total. The number of benzene rings is 2. The summed E-state index contributed by atoms with van der Waals surface area (Å²) in [6.07, 6.45) is -3.21. The van der Waals surface area contributed by atoms with E-state index in [1.807, 2.05) is 0 Å². The van der Waals surface area contributed by atoms with E-state index in [0.717, 1.165) is 12.1 Å². The normalized spacial score (nSPS) is 13.3. The smallest absolute Gasteiger partial charge is 0.395 e. The molecule has 0 radical (unpaired) electrons. The number of carbonyl (C=O) groups is 1. The summed E-state index contributed by atoms with van der Waals surface area (Å²) in [4.78, 5) is 22.6. The second-order valence-corrected chi connectivity index (χ2v) is 8.65. The fourth-order valence-corrected chi connectivity index (χ4v) is 4.18. The van der Waals surface area contributed by atoms with Gasteiger partial charge in [0.25, 0.3) is 5.91 Å². The van der Waals surface area contributed by atoms with Gasteiger partial charge in [0.2, 0.25) is 0 Å². The average molecular weight is 552 g/mol. The molecule has 4 rings (SSSR count). The van der Waals surface area contributed by atoms with Crippen LogP contribution in [0, 0.1) is 5.82 Å². The first-order valence-electron chi connectivity index (χ1n) is 11.4. The van der Waals surface area contributed by atoms with Crippen LogP contribution in [0.2, 0.25) is 5.02 Å². The number of nitrogens with one attached hydrogen (secondary N) is 1. The third-order valence-electron chi connectivity index (χ3n) is 5.76. The second kappa shape index (κ2) is 11.3. The lowest BCUT2D eigenvalue weighted by atomic mass is 10.0. The van der Waals surface area contributed by atoms with Gasteiger partial charge in [-0.05, 0) is 42.5 Å². The maximum atomic E-state index is 13.7. The van der Waals surface area contributed by atoms with E-state index in [0.29, 0.717) is 12.0 Å². The van der Waals surface area contributed by atoms with Gasteiger partial charge in [-0.3, -0.25) is 9.79 Å². The van der Waals surface area contributed by atoms with Gasteiger partial charge in [-0.2, -0.15) is 0 Å². The Balaban J connectivity index is 1.53. The molecule has 2 heterocycles. The van der Waals surface area contributed by atoms with E-state index in [1.165, 1.54) is 18.3 Å². The van der Waals surface area contributed by atoms with Crippen LogP contribution in [0.3, 0.4) is 0 Å². The number of hydrogen-bond acceptors (Lipinski definition) is 6. The summed E-state index contributed by atoms with van der Waals surface area (Å²) in [5.74, 6) is -1.16. The van der Waals surface area contributed by atoms with E-state index >= 15 is 0 Å². The molecule has 0 spiro atoms. The molecule has 2 aromatic carbocycles. The van der Waals surface area contributed by atoms with Crippen molar-refractivity contribution in [2.45, 2.75) is 12.7 Å². The van der Waals surface area contributed by atoms with E-state index in [9.17, 15) is 32.6 Å². The molecule has 3 N–H and O–H groups in total. The minimum atomic E-state index is -4.80. The van der Waals surface area contributed by atoms with Crippen LogP contribution in [0.25, 0.3) is 11.3 Å². The van der Waals surface area contributed by atoms with E-state index in [1.54, 1.807) is 23.1 Å². The van der Waals surface area contributed by atoms with Gasteiger partial charge < -0.3 is 20.4 Å². The summed E-state index contributed by atoms with van der Waals surface area (Å²) >= 11 is 6.33. The van der Waals surface area contributed by atoms with Crippen molar-refractivity contribution >= 4 is 34.6 Å². The van der Waals surface area contributed by atoms with Crippen molar-refractivity contribution in [3.05, 3.63) is 77.1 Å². The largest absolute Gasteiger partial charge is 0.490 e. The van der Waals surface area contributed by atoms with Crippen molar-refractivity contribution in [2.24, 2.45) is 4.99 Å². The van der Waals surface area contributed by atoms with E-state index in [-0.39, 0.29) is 76.2 Å². The number of nitrogens with zero attached hydrogens (tertiary/aromatic N) is 4. The monoisotopic (exact) mass is 551 g/mol. The number of aliphatic hydroxyl groups is 2. The lowest BCUT2D eigenvalue weighted by Gasteiger charge is -2.23. The predicted molar refractivity (Wildman–Crippen MR) is 135 cm³/mol. The average Bonchev–Trinajstić information content (AvgIpc) is 3.53. The minimum Gasteiger partial charge on any atom is -0.395 e. The molecule has 0 atom stereocenters. The van der Waals surface area contributed by atoms with Crippen LogP contribution in [0.15, 0.2) is 65.6 Å². The molecule has 3 aromatic rings. The Morgan fingerprint density at radius 3 is 2.39 bits per heavy atom. The van der Waals surface area contributed by atoms with E-state index in [4.69, 9.17) is 11.6 Å². The van der Waals surface area contributed by atoms with E-state index < -0.39 is 18.0 Å². The molecule has 0 unspecified atom stereocenters. The molecule has 0 aliphatic carbocycles. The van der Waals surface area contributed by atoms with Crippen molar-refractivity contribution < 1.29 is 32.6 Å². The lowest BCUT2D eigenvalue weighted by Crippen LogP contribution is -2.29. The highest BCUT2D eigenvalue weighted by Gasteiger charge is 2.37. The molecule has 38 heavy (non-hydrogen) atoms. The van der Waals surface area contributed by atoms with Crippen LogP contribution in [-0.4, -0.2) is 57.7 Å². The van der Waals surface area contributed by atoms with Gasteiger partial charge in [-0.1, -0.05) is 11.6 Å². The number of aromatic nitrogens is 2. The maximum absolute atomic E-state index is 13.7. The zero-order valence-electron chi connectivity index (χ0n) is 19.7. The fourth-order valence-electron chi connectivity index (χ4n) is 3.96. The number of rotatable bonds is 9. The first-order valence-corrected chi connectivity index (χ1v) is 11.7. The Hall–Kier alpha value is -3.74. The van der Waals surface area contributed by atoms with Crippen LogP contribution in [0.4, 0.5) is 28.9 Å². The van der Waals surface area contributed by atoms with Gasteiger partial charge in [0, 0.05) is 42.5 Å². The van der Waals surface area contributed by atoms with Crippen molar-refractivity contribution in [3.63, 3.8) is 0 Å². The number of anilines is 2. The summed E-state index contributed by atoms with van der Waals surface area (Å²) < 4.78 is 54.6. The molecule has 0 bridgehead atoms. The molecule has 1 aliphatic rings. The number of aliphatic imine (C=N–C) groups is 1. The standard InChI is InChI=1S/C25H22ClF4N5O3/c26-19-12-18(34(7-9-36)8-10-37)5-6-20(19)33-24(38)16-11-21(31-13-16)23-22(15-1-3-17(27)4-2-15)32-14-35(23)25(28,29)30/h1-6,12-14,36-37H,7-11H2,(H,33,38). The van der Waals surface area contributed by atoms with Crippen LogP contribution in [-0.2, 0) is 11.1 Å². The predicted octanol–water partition coefficient (Wildman–Crippen LogP) is 4.33. The number of amides is 1. The molecule has 1 aromatic heterocycles. The highest BCUT2D eigenvalue weighted by atomic mass is 35.5. The van der Waals surface area contributed by atoms with Crippen LogP contribution in [0.5, 0.6) is 0 Å². The summed E-state index contributed by atoms with van der Waals surface area (Å²) in [5.41, 5.74) is 0.805. The minimum absolute atomic E-state index is 0.0132. The molecule has 13 heteroatoms. The maximum Gasteiger partial charge on any atom is 0.490 e. The highest BCUT2D eigenvalue weighted by Crippen LogP contribution is 2.34. The van der Waals surface area contributed by atoms with E-state index in [2.05, 4.69) is 15.3 Å². The summed E-state index contributed by atoms with van der Waals surface area (Å²) in [6, 6.07) is 9.60. The summed E-state index contributed by atoms with van der Waals surface area (Å²) in [5, 5.41) is 21.3. The van der Waals surface area contributed by atoms with Crippen molar-refractivity contribution in [1.82, 2.24) is 9.55 Å². The molecule has 0 saturated carbocycles. The van der Waals surface area contributed by atoms with Crippen LogP contribution < -0.4 is 10.2 Å². The Morgan fingerprint density at radius 1 is 1.11 bits per heavy atom. The van der Waals surface area contributed by atoms with Gasteiger partial charge in [0.15, 0.2) is 0 Å². The molecular weight excluding hydrogens is 530 g/mol. The van der Waals surface area contributed by atoms with Crippen molar-refractivity contribution in [2.75, 3.05) is 36.5 Å². The van der Waals surface area contributed by atoms with Crippen LogP contribution in [0.1, 0.15) is 12.1 Å². The van der Waals surface area contributed by atoms with Gasteiger partial charge in [-0.15, -0.1) is 13.2 Å². The van der Waals surface area contributed by atoms with Gasteiger partial charge in [0.1, 0.15) is 12.1 Å². The fraction of sp³-hybridized carbons (Fsp3) is 0.240. The SMILES string of the molecule is O=C(Nc1ccc(N(CCO)CCO)cc1Cl)C1=CN=C(c2c(-c3ccc(F)cc3)ncn2C(F)(F)F)C1. The molecule has 0 saturated heterocycles. The molecule has 1 aliphatic heterocycles. The number of carbonyl (C=O) groups excluding carboxylic acids is 1. The quantitative estimate of drug-likeness (QED) is 0.344. The molecule has 1 amide bonds. The summed E-state index contributed by atoms with van der Waals surface area (Å²) in [6.45, 7) is 0.263. The molecule has 200 valence electrons. The Bertz CT molecular complexity index is 1380. The topological polar surface area (TPSA) is 103 Å². The first kappa shape index (κ1) is 27.3. The third-order valence-corrected chi connectivity index (χ3v) is 6.08. The number of imidazole rings is 1. The molecular formula is C25H22ClF4N5O3. The Morgan fingerprint density at radius 2 is 1.79 bits per heavy atom. The third kappa shape index (κ3) is 5.87. The lowest BCUT2D eigenvalue weighted by molar-refractivity contribution is -0.204. The van der Waals surface area contributed by atoms with Crippen LogP contribution >= 0.6 is 11.6 Å². The second-order valence-electron chi connectivity index (χ2n) is 8.25. The highest BCUT2D eigenvalue weighted by molar-refractivity contribution is 6.34. The Kier molecular flexibility index (Phi) is 8.14. The first-order chi connectivity index (χ1) is 18.1. The van der Waals surface area contributed by atoms with Gasteiger partial charge in [0.05, 0.1) is 41.0 Å². The molecule has 0 fully saturated rings. The zero-order valence-corrected chi connectivity index (χ0v) is 20.5.